The van der Waals surface area contributed by atoms with Crippen LogP contribution in [0.25, 0.3) is 11.1 Å². The molecule has 0 saturated heterocycles. The predicted octanol–water partition coefficient (Wildman–Crippen LogP) is 5.11. The van der Waals surface area contributed by atoms with Gasteiger partial charge in [0.05, 0.1) is 10.7 Å². The first-order valence-electron chi connectivity index (χ1n) is 10.4. The van der Waals surface area contributed by atoms with Gasteiger partial charge in [-0.3, -0.25) is 0 Å². The van der Waals surface area contributed by atoms with E-state index >= 15 is 0 Å². The lowest BCUT2D eigenvalue weighted by molar-refractivity contribution is 0.143. The molecule has 1 N–H and O–H groups in total. The number of amides is 1. The van der Waals surface area contributed by atoms with Crippen molar-refractivity contribution in [3.63, 3.8) is 0 Å². The third-order valence-corrected chi connectivity index (χ3v) is 7.03. The quantitative estimate of drug-likeness (QED) is 0.438. The lowest BCUT2D eigenvalue weighted by Crippen LogP contribution is -2.28. The number of carbonyl (C=O) groups excluding carboxylic acids is 1. The molecule has 6 nitrogen and oxygen atoms in total. The van der Waals surface area contributed by atoms with Crippen molar-refractivity contribution >= 4 is 28.7 Å². The summed E-state index contributed by atoms with van der Waals surface area (Å²) in [5, 5.41) is 2.86. The van der Waals surface area contributed by atoms with E-state index in [-0.39, 0.29) is 12.7 Å². The second-order valence-corrected chi connectivity index (χ2v) is 8.70. The first-order chi connectivity index (χ1) is 15.7. The van der Waals surface area contributed by atoms with Gasteiger partial charge in [-0.2, -0.15) is 0 Å². The summed E-state index contributed by atoms with van der Waals surface area (Å²) in [5.74, 6) is 2.01. The summed E-state index contributed by atoms with van der Waals surface area (Å²) in [6.45, 7) is 0.925. The number of methoxy groups -OCH3 is 1. The molecule has 0 unspecified atom stereocenters. The smallest absolute Gasteiger partial charge is 0.407 e. The second-order valence-electron chi connectivity index (χ2n) is 7.62. The van der Waals surface area contributed by atoms with Crippen molar-refractivity contribution in [3.8, 4) is 28.4 Å². The highest BCUT2D eigenvalue weighted by atomic mass is 127. The summed E-state index contributed by atoms with van der Waals surface area (Å²) in [4.78, 5) is 12.4. The number of rotatable bonds is 6. The third kappa shape index (κ3) is 3.74. The van der Waals surface area contributed by atoms with Crippen LogP contribution in [0.4, 0.5) is 4.79 Å². The Balaban J connectivity index is 1.20. The molecule has 7 heteroatoms. The van der Waals surface area contributed by atoms with Crippen LogP contribution in [-0.2, 0) is 11.2 Å². The number of hydrogen-bond acceptors (Lipinski definition) is 5. The van der Waals surface area contributed by atoms with Gasteiger partial charge >= 0.3 is 6.09 Å². The van der Waals surface area contributed by atoms with E-state index in [9.17, 15) is 4.79 Å². The highest BCUT2D eigenvalue weighted by Crippen LogP contribution is 2.46. The first kappa shape index (κ1) is 20.9. The summed E-state index contributed by atoms with van der Waals surface area (Å²) < 4.78 is 23.0. The molecule has 0 radical (unpaired) electrons. The Labute approximate surface area is 200 Å². The van der Waals surface area contributed by atoms with Gasteiger partial charge in [0, 0.05) is 12.5 Å². The molecular formula is C25H22INO5. The molecule has 1 amide bonds. The topological polar surface area (TPSA) is 66.0 Å². The number of hydrogen-bond donors (Lipinski definition) is 1. The normalized spacial score (nSPS) is 13.4. The van der Waals surface area contributed by atoms with Gasteiger partial charge in [0.25, 0.3) is 0 Å². The fourth-order valence-electron chi connectivity index (χ4n) is 4.35. The Morgan fingerprint density at radius 1 is 1.09 bits per heavy atom. The van der Waals surface area contributed by atoms with Crippen molar-refractivity contribution in [1.82, 2.24) is 5.32 Å². The van der Waals surface area contributed by atoms with Crippen molar-refractivity contribution in [2.45, 2.75) is 12.3 Å². The maximum Gasteiger partial charge on any atom is 0.407 e. The van der Waals surface area contributed by atoms with Crippen LogP contribution in [-0.4, -0.2) is 33.1 Å². The van der Waals surface area contributed by atoms with Crippen LogP contribution in [0.5, 0.6) is 17.2 Å². The van der Waals surface area contributed by atoms with E-state index in [1.807, 2.05) is 30.3 Å². The van der Waals surface area contributed by atoms with Gasteiger partial charge in [-0.1, -0.05) is 48.5 Å². The Kier molecular flexibility index (Phi) is 5.82. The largest absolute Gasteiger partial charge is 0.492 e. The third-order valence-electron chi connectivity index (χ3n) is 5.85. The minimum Gasteiger partial charge on any atom is -0.492 e. The molecule has 1 heterocycles. The zero-order valence-corrected chi connectivity index (χ0v) is 19.7. The average molecular weight is 543 g/mol. The van der Waals surface area contributed by atoms with Gasteiger partial charge in [-0.05, 0) is 62.9 Å². The van der Waals surface area contributed by atoms with Crippen LogP contribution in [0.15, 0.2) is 54.6 Å². The van der Waals surface area contributed by atoms with Crippen molar-refractivity contribution in [2.75, 3.05) is 27.1 Å². The minimum absolute atomic E-state index is 0.0484. The number of carbonyl (C=O) groups is 1. The first-order valence-corrected chi connectivity index (χ1v) is 11.5. The van der Waals surface area contributed by atoms with Crippen LogP contribution in [0, 0.1) is 3.57 Å². The number of benzene rings is 3. The highest BCUT2D eigenvalue weighted by molar-refractivity contribution is 14.1. The van der Waals surface area contributed by atoms with Gasteiger partial charge in [0.2, 0.25) is 12.5 Å². The van der Waals surface area contributed by atoms with Gasteiger partial charge in [0.15, 0.2) is 11.5 Å². The summed E-state index contributed by atoms with van der Waals surface area (Å²) in [6.07, 6.45) is 0.199. The molecule has 0 spiro atoms. The number of alkyl carbamates (subject to hydrolysis) is 1. The van der Waals surface area contributed by atoms with Crippen molar-refractivity contribution in [1.29, 1.82) is 0 Å². The zero-order chi connectivity index (χ0) is 22.1. The van der Waals surface area contributed by atoms with E-state index < -0.39 is 6.09 Å². The molecule has 0 bridgehead atoms. The maximum atomic E-state index is 12.4. The number of halogens is 1. The lowest BCUT2D eigenvalue weighted by atomic mass is 9.98. The molecule has 164 valence electrons. The minimum atomic E-state index is -0.422. The highest BCUT2D eigenvalue weighted by Gasteiger charge is 2.29. The van der Waals surface area contributed by atoms with E-state index in [1.165, 1.54) is 22.3 Å². The van der Waals surface area contributed by atoms with Crippen LogP contribution >= 0.6 is 22.6 Å². The van der Waals surface area contributed by atoms with Gasteiger partial charge < -0.3 is 24.3 Å². The monoisotopic (exact) mass is 543 g/mol. The van der Waals surface area contributed by atoms with E-state index in [4.69, 9.17) is 18.9 Å². The van der Waals surface area contributed by atoms with Crippen LogP contribution in [0.1, 0.15) is 22.6 Å². The SMILES string of the molecule is COc1c(I)c(CCNC(=O)OCC2c3ccccc3-c3ccccc32)cc2c1OCO2. The Bertz CT molecular complexity index is 1130. The molecule has 1 aliphatic carbocycles. The Hall–Kier alpha value is -2.94. The van der Waals surface area contributed by atoms with E-state index in [2.05, 4.69) is 52.2 Å². The summed E-state index contributed by atoms with van der Waals surface area (Å²) in [6, 6.07) is 18.5. The number of fused-ring (bicyclic) bond motifs is 4. The molecule has 32 heavy (non-hydrogen) atoms. The molecule has 1 aliphatic heterocycles. The second kappa shape index (κ2) is 8.90. The Morgan fingerprint density at radius 3 is 2.47 bits per heavy atom. The maximum absolute atomic E-state index is 12.4. The summed E-state index contributed by atoms with van der Waals surface area (Å²) in [7, 11) is 1.61. The summed E-state index contributed by atoms with van der Waals surface area (Å²) >= 11 is 2.23. The van der Waals surface area contributed by atoms with Gasteiger partial charge in [-0.25, -0.2) is 4.79 Å². The standard InChI is InChI=1S/C25H22INO5/c1-29-24-22(26)15(12-21-23(24)32-14-31-21)10-11-27-25(28)30-13-20-18-8-4-2-6-16(18)17-7-3-5-9-19(17)20/h2-9,12,20H,10-11,13-14H2,1H3,(H,27,28). The lowest BCUT2D eigenvalue weighted by Gasteiger charge is -2.15. The van der Waals surface area contributed by atoms with E-state index in [1.54, 1.807) is 7.11 Å². The van der Waals surface area contributed by atoms with Crippen LogP contribution in [0.2, 0.25) is 0 Å². The summed E-state index contributed by atoms with van der Waals surface area (Å²) in [5.41, 5.74) is 5.84. The number of nitrogens with one attached hydrogen (secondary N) is 1. The molecule has 3 aromatic carbocycles. The molecule has 3 aromatic rings. The van der Waals surface area contributed by atoms with E-state index in [0.717, 1.165) is 9.13 Å². The average Bonchev–Trinajstić information content (AvgIpc) is 3.40. The van der Waals surface area contributed by atoms with Crippen molar-refractivity contribution < 1.29 is 23.7 Å². The fraction of sp³-hybridized carbons (Fsp3) is 0.240. The molecule has 0 fully saturated rings. The number of ether oxygens (including phenoxy) is 4. The van der Waals surface area contributed by atoms with Crippen molar-refractivity contribution in [3.05, 3.63) is 74.9 Å². The Morgan fingerprint density at radius 2 is 1.78 bits per heavy atom. The van der Waals surface area contributed by atoms with Crippen molar-refractivity contribution in [2.24, 2.45) is 0 Å². The van der Waals surface area contributed by atoms with E-state index in [0.29, 0.717) is 36.8 Å². The van der Waals surface area contributed by atoms with Crippen LogP contribution < -0.4 is 19.5 Å². The zero-order valence-electron chi connectivity index (χ0n) is 17.5. The van der Waals surface area contributed by atoms with Gasteiger partial charge in [0.1, 0.15) is 6.61 Å². The molecule has 0 atom stereocenters. The molecule has 2 aliphatic rings. The molecule has 0 saturated carbocycles. The fourth-order valence-corrected chi connectivity index (χ4v) is 5.24. The molecular weight excluding hydrogens is 521 g/mol. The van der Waals surface area contributed by atoms with Gasteiger partial charge in [-0.15, -0.1) is 0 Å². The predicted molar refractivity (Wildman–Crippen MR) is 129 cm³/mol. The molecule has 0 aromatic heterocycles. The molecule has 5 rings (SSSR count). The van der Waals surface area contributed by atoms with Crippen LogP contribution in [0.3, 0.4) is 0 Å².